The molecule has 0 unspecified atom stereocenters. The molecule has 1 aromatic carbocycles. The Morgan fingerprint density at radius 3 is 2.62 bits per heavy atom. The Hall–Kier alpha value is -1.81. The molecule has 0 bridgehead atoms. The van der Waals surface area contributed by atoms with Crippen LogP contribution in [0.3, 0.4) is 0 Å². The molecule has 0 saturated carbocycles. The molecule has 1 aliphatic carbocycles. The van der Waals surface area contributed by atoms with Crippen molar-refractivity contribution in [1.82, 2.24) is 9.78 Å². The molecule has 110 valence electrons. The van der Waals surface area contributed by atoms with Crippen LogP contribution in [0.4, 0.5) is 5.82 Å². The maximum Gasteiger partial charge on any atom is 0.259 e. The summed E-state index contributed by atoms with van der Waals surface area (Å²) in [5.74, 6) is 0.868. The van der Waals surface area contributed by atoms with Crippen LogP contribution in [0, 0.1) is 0 Å². The predicted octanol–water partition coefficient (Wildman–Crippen LogP) is 3.23. The summed E-state index contributed by atoms with van der Waals surface area (Å²) in [6.07, 6.45) is 4.34. The molecule has 1 aliphatic rings. The van der Waals surface area contributed by atoms with Crippen LogP contribution in [-0.2, 0) is 19.9 Å². The Bertz CT molecular complexity index is 676. The number of hydrogen-bond acceptors (Lipinski definition) is 2. The lowest BCUT2D eigenvalue weighted by Gasteiger charge is -2.20. The number of nitrogens with zero attached hydrogens (tertiary/aromatic N) is 3. The summed E-state index contributed by atoms with van der Waals surface area (Å²) in [5.41, 5.74) is 2.98. The molecule has 4 nitrogen and oxygen atoms in total. The monoisotopic (exact) mass is 303 g/mol. The van der Waals surface area contributed by atoms with E-state index in [0.29, 0.717) is 10.6 Å². The zero-order valence-electron chi connectivity index (χ0n) is 12.3. The molecule has 0 aliphatic heterocycles. The summed E-state index contributed by atoms with van der Waals surface area (Å²) in [7, 11) is 3.71. The van der Waals surface area contributed by atoms with Gasteiger partial charge in [-0.3, -0.25) is 14.4 Å². The molecule has 5 heteroatoms. The Labute approximate surface area is 129 Å². The Kier molecular flexibility index (Phi) is 3.72. The highest BCUT2D eigenvalue weighted by Crippen LogP contribution is 2.30. The first-order valence-corrected chi connectivity index (χ1v) is 7.54. The molecule has 2 aromatic rings. The summed E-state index contributed by atoms with van der Waals surface area (Å²) in [6.45, 7) is 0. The highest BCUT2D eigenvalue weighted by Gasteiger charge is 2.25. The van der Waals surface area contributed by atoms with Crippen molar-refractivity contribution in [3.05, 3.63) is 46.1 Å². The van der Waals surface area contributed by atoms with Gasteiger partial charge in [-0.25, -0.2) is 0 Å². The number of carbonyl (C=O) groups excluding carboxylic acids is 1. The molecule has 0 spiro atoms. The fourth-order valence-corrected chi connectivity index (χ4v) is 3.09. The number of amides is 1. The van der Waals surface area contributed by atoms with E-state index in [1.165, 1.54) is 12.0 Å². The van der Waals surface area contributed by atoms with E-state index in [-0.39, 0.29) is 5.91 Å². The molecule has 0 radical (unpaired) electrons. The van der Waals surface area contributed by atoms with Crippen LogP contribution >= 0.6 is 11.6 Å². The molecular weight excluding hydrogens is 286 g/mol. The first-order valence-electron chi connectivity index (χ1n) is 7.16. The second kappa shape index (κ2) is 5.53. The standard InChI is InChI=1S/C16H18ClN3O/c1-19(16(21)11-7-9-12(17)10-8-11)15-13-5-3-4-6-14(13)18-20(15)2/h7-10H,3-6H2,1-2H3. The topological polar surface area (TPSA) is 38.1 Å². The summed E-state index contributed by atoms with van der Waals surface area (Å²) in [4.78, 5) is 14.3. The average Bonchev–Trinajstić information content (AvgIpc) is 2.82. The van der Waals surface area contributed by atoms with E-state index in [2.05, 4.69) is 5.10 Å². The van der Waals surface area contributed by atoms with Gasteiger partial charge < -0.3 is 0 Å². The van der Waals surface area contributed by atoms with E-state index in [0.717, 1.165) is 30.8 Å². The van der Waals surface area contributed by atoms with Gasteiger partial charge in [0.25, 0.3) is 5.91 Å². The van der Waals surface area contributed by atoms with Gasteiger partial charge in [-0.2, -0.15) is 5.10 Å². The van der Waals surface area contributed by atoms with Crippen molar-refractivity contribution in [2.45, 2.75) is 25.7 Å². The molecule has 1 amide bonds. The highest BCUT2D eigenvalue weighted by molar-refractivity contribution is 6.30. The fourth-order valence-electron chi connectivity index (χ4n) is 2.97. The van der Waals surface area contributed by atoms with Crippen molar-refractivity contribution in [2.75, 3.05) is 11.9 Å². The maximum absolute atomic E-state index is 12.6. The van der Waals surface area contributed by atoms with Crippen LogP contribution in [-0.4, -0.2) is 22.7 Å². The lowest BCUT2D eigenvalue weighted by atomic mass is 9.97. The van der Waals surface area contributed by atoms with Crippen LogP contribution in [0.15, 0.2) is 24.3 Å². The smallest absolute Gasteiger partial charge is 0.259 e. The number of aryl methyl sites for hydroxylation is 2. The summed E-state index contributed by atoms with van der Waals surface area (Å²) >= 11 is 5.88. The SMILES string of the molecule is CN(C(=O)c1ccc(Cl)cc1)c1c2c(nn1C)CCCC2. The molecule has 0 N–H and O–H groups in total. The zero-order valence-corrected chi connectivity index (χ0v) is 13.0. The van der Waals surface area contributed by atoms with Crippen molar-refractivity contribution in [3.63, 3.8) is 0 Å². The van der Waals surface area contributed by atoms with Crippen LogP contribution < -0.4 is 4.90 Å². The van der Waals surface area contributed by atoms with E-state index in [1.54, 1.807) is 29.2 Å². The lowest BCUT2D eigenvalue weighted by molar-refractivity contribution is 0.0991. The largest absolute Gasteiger partial charge is 0.296 e. The van der Waals surface area contributed by atoms with Gasteiger partial charge in [0.1, 0.15) is 5.82 Å². The van der Waals surface area contributed by atoms with Crippen LogP contribution in [0.1, 0.15) is 34.5 Å². The predicted molar refractivity (Wildman–Crippen MR) is 84.0 cm³/mol. The van der Waals surface area contributed by atoms with Crippen molar-refractivity contribution < 1.29 is 4.79 Å². The Morgan fingerprint density at radius 1 is 1.24 bits per heavy atom. The van der Waals surface area contributed by atoms with Crippen molar-refractivity contribution in [3.8, 4) is 0 Å². The number of carbonyl (C=O) groups is 1. The first kappa shape index (κ1) is 14.1. The summed E-state index contributed by atoms with van der Waals surface area (Å²) < 4.78 is 1.82. The molecule has 1 aromatic heterocycles. The minimum atomic E-state index is -0.0389. The van der Waals surface area contributed by atoms with Gasteiger partial charge >= 0.3 is 0 Å². The minimum Gasteiger partial charge on any atom is -0.296 e. The second-order valence-corrected chi connectivity index (χ2v) is 5.89. The first-order chi connectivity index (χ1) is 10.1. The molecule has 3 rings (SSSR count). The maximum atomic E-state index is 12.6. The molecule has 0 saturated heterocycles. The molecule has 21 heavy (non-hydrogen) atoms. The summed E-state index contributed by atoms with van der Waals surface area (Å²) in [6, 6.07) is 6.98. The van der Waals surface area contributed by atoms with E-state index in [9.17, 15) is 4.79 Å². The third-order valence-corrected chi connectivity index (χ3v) is 4.25. The fraction of sp³-hybridized carbons (Fsp3) is 0.375. The van der Waals surface area contributed by atoms with Crippen LogP contribution in [0.25, 0.3) is 0 Å². The third-order valence-electron chi connectivity index (χ3n) is 4.00. The Balaban J connectivity index is 1.95. The number of aromatic nitrogens is 2. The number of anilines is 1. The van der Waals surface area contributed by atoms with Crippen LogP contribution in [0.2, 0.25) is 5.02 Å². The van der Waals surface area contributed by atoms with E-state index >= 15 is 0 Å². The summed E-state index contributed by atoms with van der Waals surface area (Å²) in [5, 5.41) is 5.20. The zero-order chi connectivity index (χ0) is 15.0. The van der Waals surface area contributed by atoms with Gasteiger partial charge in [-0.1, -0.05) is 11.6 Å². The van der Waals surface area contributed by atoms with Crippen molar-refractivity contribution in [2.24, 2.45) is 7.05 Å². The van der Waals surface area contributed by atoms with Crippen LogP contribution in [0.5, 0.6) is 0 Å². The van der Waals surface area contributed by atoms with E-state index < -0.39 is 0 Å². The molecular formula is C16H18ClN3O. The van der Waals surface area contributed by atoms with Crippen molar-refractivity contribution in [1.29, 1.82) is 0 Å². The van der Waals surface area contributed by atoms with Gasteiger partial charge in [0.2, 0.25) is 0 Å². The van der Waals surface area contributed by atoms with Gasteiger partial charge in [0.05, 0.1) is 5.69 Å². The quantitative estimate of drug-likeness (QED) is 0.854. The number of fused-ring (bicyclic) bond motifs is 1. The second-order valence-electron chi connectivity index (χ2n) is 5.45. The highest BCUT2D eigenvalue weighted by atomic mass is 35.5. The van der Waals surface area contributed by atoms with Gasteiger partial charge in [-0.05, 0) is 49.9 Å². The molecule has 1 heterocycles. The van der Waals surface area contributed by atoms with E-state index in [4.69, 9.17) is 11.6 Å². The normalized spacial score (nSPS) is 13.9. The molecule has 0 fully saturated rings. The third kappa shape index (κ3) is 2.56. The van der Waals surface area contributed by atoms with Crippen molar-refractivity contribution >= 4 is 23.3 Å². The lowest BCUT2D eigenvalue weighted by Crippen LogP contribution is -2.29. The van der Waals surface area contributed by atoms with Gasteiger partial charge in [0.15, 0.2) is 0 Å². The van der Waals surface area contributed by atoms with Gasteiger partial charge in [0, 0.05) is 30.2 Å². The molecule has 0 atom stereocenters. The minimum absolute atomic E-state index is 0.0389. The average molecular weight is 304 g/mol. The van der Waals surface area contributed by atoms with Gasteiger partial charge in [-0.15, -0.1) is 0 Å². The number of benzene rings is 1. The number of hydrogen-bond donors (Lipinski definition) is 0. The van der Waals surface area contributed by atoms with E-state index in [1.807, 2.05) is 18.8 Å². The number of rotatable bonds is 2. The Morgan fingerprint density at radius 2 is 1.90 bits per heavy atom. The number of halogens is 1.